The lowest BCUT2D eigenvalue weighted by molar-refractivity contribution is -0.138. The molecule has 54 heavy (non-hydrogen) atoms. The van der Waals surface area contributed by atoms with Gasteiger partial charge < -0.3 is 40.0 Å². The molecule has 1 aliphatic carbocycles. The number of carbonyl (C=O) groups excluding carboxylic acids is 2. The maximum absolute atomic E-state index is 12.7. The van der Waals surface area contributed by atoms with E-state index in [0.29, 0.717) is 35.3 Å². The number of aromatic nitrogens is 1. The number of aromatic amines is 1. The fourth-order valence-electron chi connectivity index (χ4n) is 5.12. The van der Waals surface area contributed by atoms with Gasteiger partial charge in [-0.15, -0.1) is 0 Å². The van der Waals surface area contributed by atoms with Gasteiger partial charge in [-0.05, 0) is 112 Å². The molecule has 292 valence electrons. The van der Waals surface area contributed by atoms with Gasteiger partial charge in [-0.1, -0.05) is 43.3 Å². The summed E-state index contributed by atoms with van der Waals surface area (Å²) < 4.78 is 11.0. The van der Waals surface area contributed by atoms with Crippen molar-refractivity contribution >= 4 is 40.3 Å². The standard InChI is InChI=1S/C36H42N4O7.C3H6O.C2H6O/c1-7-23(21-46-34(44)39-28-14-8-22(2)27(18-28)20-40(6)35(45)47-36(3,4)5)24-9-11-26(12-10-24)31(33(42)43)38-29-15-13-25-16-17-37-32(41)30(25)19-29;4-3-1-2-3;1-2-3/h8-19,23,31,38H,7,20-21H2,1-6H3,(H,37,41)(H,39,44)(H,42,43);3-4H,1-2H2;3H,2H2,1H3/t23-,31?;;/m0../s1. The zero-order chi connectivity index (χ0) is 40.0. The summed E-state index contributed by atoms with van der Waals surface area (Å²) >= 11 is 0. The number of amides is 2. The molecule has 4 aromatic rings. The van der Waals surface area contributed by atoms with Crippen molar-refractivity contribution in [2.75, 3.05) is 30.9 Å². The van der Waals surface area contributed by atoms with Crippen LogP contribution in [-0.2, 0) is 20.8 Å². The summed E-state index contributed by atoms with van der Waals surface area (Å²) in [7, 11) is 1.66. The molecule has 0 saturated heterocycles. The second-order valence-corrected chi connectivity index (χ2v) is 14.0. The van der Waals surface area contributed by atoms with E-state index in [9.17, 15) is 24.3 Å². The summed E-state index contributed by atoms with van der Waals surface area (Å²) in [5, 5.41) is 32.7. The number of carbonyl (C=O) groups is 3. The number of rotatable bonds is 11. The Morgan fingerprint density at radius 2 is 1.57 bits per heavy atom. The van der Waals surface area contributed by atoms with Crippen LogP contribution in [0.3, 0.4) is 0 Å². The van der Waals surface area contributed by atoms with Crippen molar-refractivity contribution in [2.24, 2.45) is 0 Å². The normalized spacial score (nSPS) is 13.2. The van der Waals surface area contributed by atoms with E-state index >= 15 is 0 Å². The number of hydrogen-bond donors (Lipinski definition) is 6. The molecule has 13 heteroatoms. The molecular formula is C41H54N4O9. The third kappa shape index (κ3) is 13.9. The minimum absolute atomic E-state index is 0.0833. The third-order valence-corrected chi connectivity index (χ3v) is 8.24. The Balaban J connectivity index is 0.00000102. The van der Waals surface area contributed by atoms with E-state index in [1.54, 1.807) is 68.7 Å². The Kier molecular flexibility index (Phi) is 16.1. The molecule has 0 radical (unpaired) electrons. The van der Waals surface area contributed by atoms with Crippen LogP contribution in [0.25, 0.3) is 10.8 Å². The van der Waals surface area contributed by atoms with Crippen molar-refractivity contribution in [3.05, 3.63) is 106 Å². The number of benzene rings is 3. The molecule has 3 aromatic carbocycles. The number of nitrogens with one attached hydrogen (secondary N) is 3. The quantitative estimate of drug-likeness (QED) is 0.0907. The Bertz CT molecular complexity index is 1900. The number of aryl methyl sites for hydroxylation is 1. The molecule has 6 N–H and O–H groups in total. The number of aliphatic carboxylic acids is 1. The predicted molar refractivity (Wildman–Crippen MR) is 210 cm³/mol. The summed E-state index contributed by atoms with van der Waals surface area (Å²) in [6, 6.07) is 18.4. The van der Waals surface area contributed by atoms with E-state index in [1.165, 1.54) is 4.90 Å². The van der Waals surface area contributed by atoms with E-state index in [1.807, 2.05) is 52.8 Å². The molecule has 1 heterocycles. The first-order valence-electron chi connectivity index (χ1n) is 18.0. The van der Waals surface area contributed by atoms with Crippen molar-refractivity contribution in [3.63, 3.8) is 0 Å². The monoisotopic (exact) mass is 746 g/mol. The van der Waals surface area contributed by atoms with Crippen LogP contribution >= 0.6 is 0 Å². The second-order valence-electron chi connectivity index (χ2n) is 14.0. The highest BCUT2D eigenvalue weighted by Gasteiger charge is 2.22. The van der Waals surface area contributed by atoms with E-state index in [2.05, 4.69) is 15.6 Å². The first kappa shape index (κ1) is 43.0. The van der Waals surface area contributed by atoms with Gasteiger partial charge in [0.15, 0.2) is 6.04 Å². The molecule has 2 atom stereocenters. The van der Waals surface area contributed by atoms with Gasteiger partial charge in [-0.25, -0.2) is 14.4 Å². The van der Waals surface area contributed by atoms with E-state index < -0.39 is 29.8 Å². The third-order valence-electron chi connectivity index (χ3n) is 8.24. The zero-order valence-electron chi connectivity index (χ0n) is 32.1. The number of pyridine rings is 1. The van der Waals surface area contributed by atoms with Gasteiger partial charge in [0.2, 0.25) is 0 Å². The highest BCUT2D eigenvalue weighted by molar-refractivity contribution is 5.87. The molecule has 13 nitrogen and oxygen atoms in total. The maximum Gasteiger partial charge on any atom is 0.411 e. The molecule has 0 aliphatic heterocycles. The highest BCUT2D eigenvalue weighted by atomic mass is 16.6. The number of aliphatic hydroxyl groups is 2. The number of ether oxygens (including phenoxy) is 2. The minimum atomic E-state index is -1.07. The molecule has 1 aliphatic rings. The molecule has 1 aromatic heterocycles. The Hall–Kier alpha value is -5.40. The van der Waals surface area contributed by atoms with Gasteiger partial charge in [0.25, 0.3) is 5.56 Å². The van der Waals surface area contributed by atoms with Crippen LogP contribution in [0.4, 0.5) is 21.0 Å². The van der Waals surface area contributed by atoms with Gasteiger partial charge >= 0.3 is 18.2 Å². The average Bonchev–Trinajstić information content (AvgIpc) is 3.91. The van der Waals surface area contributed by atoms with Gasteiger partial charge in [0.05, 0.1) is 6.10 Å². The van der Waals surface area contributed by atoms with Crippen LogP contribution in [0.5, 0.6) is 0 Å². The average molecular weight is 747 g/mol. The number of hydrogen-bond acceptors (Lipinski definition) is 9. The van der Waals surface area contributed by atoms with Crippen molar-refractivity contribution in [1.29, 1.82) is 0 Å². The molecule has 1 saturated carbocycles. The number of nitrogens with zero attached hydrogens (tertiary/aromatic N) is 1. The maximum atomic E-state index is 12.7. The fourth-order valence-corrected chi connectivity index (χ4v) is 5.12. The topological polar surface area (TPSA) is 191 Å². The van der Waals surface area contributed by atoms with Gasteiger partial charge in [-0.2, -0.15) is 0 Å². The number of aliphatic hydroxyl groups excluding tert-OH is 2. The van der Waals surface area contributed by atoms with E-state index in [-0.39, 0.29) is 30.8 Å². The Labute approximate surface area is 316 Å². The van der Waals surface area contributed by atoms with E-state index in [4.69, 9.17) is 19.7 Å². The van der Waals surface area contributed by atoms with Crippen LogP contribution in [0, 0.1) is 6.92 Å². The molecule has 2 amide bonds. The van der Waals surface area contributed by atoms with Crippen molar-refractivity contribution in [2.45, 2.75) is 91.0 Å². The van der Waals surface area contributed by atoms with Crippen LogP contribution < -0.4 is 16.2 Å². The first-order valence-corrected chi connectivity index (χ1v) is 18.0. The number of carboxylic acids is 1. The van der Waals surface area contributed by atoms with Crippen LogP contribution in [0.1, 0.15) is 88.1 Å². The lowest BCUT2D eigenvalue weighted by Crippen LogP contribution is -2.34. The lowest BCUT2D eigenvalue weighted by Gasteiger charge is -2.25. The summed E-state index contributed by atoms with van der Waals surface area (Å²) in [5.41, 5.74) is 3.42. The smallest absolute Gasteiger partial charge is 0.411 e. The zero-order valence-corrected chi connectivity index (χ0v) is 32.1. The number of anilines is 2. The summed E-state index contributed by atoms with van der Waals surface area (Å²) in [6.45, 7) is 11.7. The van der Waals surface area contributed by atoms with Crippen LogP contribution in [0.15, 0.2) is 77.7 Å². The van der Waals surface area contributed by atoms with Crippen molar-refractivity contribution in [1.82, 2.24) is 9.88 Å². The van der Waals surface area contributed by atoms with Gasteiger partial charge in [0, 0.05) is 49.1 Å². The Morgan fingerprint density at radius 1 is 0.963 bits per heavy atom. The molecule has 0 spiro atoms. The molecule has 1 unspecified atom stereocenters. The lowest BCUT2D eigenvalue weighted by atomic mass is 9.95. The summed E-state index contributed by atoms with van der Waals surface area (Å²) in [4.78, 5) is 53.6. The minimum Gasteiger partial charge on any atom is -0.479 e. The van der Waals surface area contributed by atoms with E-state index in [0.717, 1.165) is 34.9 Å². The van der Waals surface area contributed by atoms with Gasteiger partial charge in [-0.3, -0.25) is 10.1 Å². The van der Waals surface area contributed by atoms with Crippen molar-refractivity contribution in [3.8, 4) is 0 Å². The Morgan fingerprint density at radius 3 is 2.15 bits per heavy atom. The van der Waals surface area contributed by atoms with Crippen molar-refractivity contribution < 1.29 is 39.2 Å². The van der Waals surface area contributed by atoms with Gasteiger partial charge in [0.1, 0.15) is 12.2 Å². The molecule has 1 fully saturated rings. The summed E-state index contributed by atoms with van der Waals surface area (Å²) in [5.74, 6) is -1.18. The fraction of sp³-hybridized carbons (Fsp3) is 0.415. The summed E-state index contributed by atoms with van der Waals surface area (Å²) in [6.07, 6.45) is 3.37. The second kappa shape index (κ2) is 20.2. The highest BCUT2D eigenvalue weighted by Crippen LogP contribution is 2.27. The first-order chi connectivity index (χ1) is 25.5. The largest absolute Gasteiger partial charge is 0.479 e. The number of carboxylic acid groups (broad SMARTS) is 1. The van der Waals surface area contributed by atoms with Crippen LogP contribution in [0.2, 0.25) is 0 Å². The molecular weight excluding hydrogens is 692 g/mol. The number of fused-ring (bicyclic) bond motifs is 1. The molecule has 0 bridgehead atoms. The number of H-pyrrole nitrogens is 1. The molecule has 5 rings (SSSR count). The SMILES string of the molecule is CCO.CC[C@@H](COC(=O)Nc1ccc(C)c(CN(C)C(=O)OC(C)(C)C)c1)c1ccc(C(Nc2ccc3cc[nH]c(=O)c3c2)C(=O)O)cc1.OC1CC1. The predicted octanol–water partition coefficient (Wildman–Crippen LogP) is 7.32. The van der Waals surface area contributed by atoms with Crippen LogP contribution in [-0.4, -0.2) is 75.3 Å².